The van der Waals surface area contributed by atoms with Crippen LogP contribution in [-0.2, 0) is 17.9 Å². The third-order valence-corrected chi connectivity index (χ3v) is 14.0. The Balaban J connectivity index is 1.52. The number of unbranched alkanes of at least 4 members (excludes halogenated alkanes) is 3. The van der Waals surface area contributed by atoms with Crippen molar-refractivity contribution < 1.29 is 4.79 Å². The number of nitrogens with two attached hydrogens (primary N) is 2. The molecule has 6 heteroatoms. The van der Waals surface area contributed by atoms with Crippen LogP contribution < -0.4 is 11.5 Å². The van der Waals surface area contributed by atoms with Gasteiger partial charge in [0, 0.05) is 45.4 Å². The van der Waals surface area contributed by atoms with E-state index in [1.807, 2.05) is 0 Å². The van der Waals surface area contributed by atoms with Gasteiger partial charge in [-0.1, -0.05) is 140 Å². The van der Waals surface area contributed by atoms with Crippen molar-refractivity contribution in [3.63, 3.8) is 0 Å². The highest BCUT2D eigenvalue weighted by molar-refractivity contribution is 7.17. The van der Waals surface area contributed by atoms with Gasteiger partial charge in [0.1, 0.15) is 0 Å². The Hall–Kier alpha value is -3.81. The number of thiophene rings is 2. The van der Waals surface area contributed by atoms with E-state index in [9.17, 15) is 0 Å². The van der Waals surface area contributed by atoms with Gasteiger partial charge in [-0.25, -0.2) is 0 Å². The summed E-state index contributed by atoms with van der Waals surface area (Å²) in [7, 11) is 0. The van der Waals surface area contributed by atoms with Crippen LogP contribution >= 0.6 is 22.7 Å². The first-order valence-corrected chi connectivity index (χ1v) is 22.4. The normalized spacial score (nSPS) is 16.5. The molecule has 1 aliphatic carbocycles. The van der Waals surface area contributed by atoms with Gasteiger partial charge in [0.25, 0.3) is 5.91 Å². The Kier molecular flexibility index (Phi) is 14.4. The van der Waals surface area contributed by atoms with Crippen LogP contribution in [0, 0.1) is 11.8 Å². The van der Waals surface area contributed by atoms with Crippen molar-refractivity contribution in [2.24, 2.45) is 23.3 Å². The van der Waals surface area contributed by atoms with Crippen LogP contribution in [0.15, 0.2) is 108 Å². The molecular formula is C49H61N3OS2. The van der Waals surface area contributed by atoms with Crippen molar-refractivity contribution in [1.82, 2.24) is 4.90 Å². The molecule has 1 amide bonds. The fraction of sp³-hybridized carbons (Fsp3) is 0.408. The van der Waals surface area contributed by atoms with Crippen LogP contribution in [0.4, 0.5) is 0 Å². The Morgan fingerprint density at radius 3 is 1.78 bits per heavy atom. The molecule has 1 aliphatic heterocycles. The molecule has 2 atom stereocenters. The van der Waals surface area contributed by atoms with Crippen molar-refractivity contribution in [3.05, 3.63) is 129 Å². The zero-order valence-electron chi connectivity index (χ0n) is 33.6. The number of benzene rings is 2. The highest BCUT2D eigenvalue weighted by Crippen LogP contribution is 2.53. The quantitative estimate of drug-likeness (QED) is 0.0933. The number of amides is 1. The van der Waals surface area contributed by atoms with Crippen molar-refractivity contribution in [3.8, 4) is 20.9 Å². The molecule has 2 unspecified atom stereocenters. The minimum absolute atomic E-state index is 0.126. The van der Waals surface area contributed by atoms with E-state index >= 15 is 4.79 Å². The SMILES string of the molecule is C=C1C/C(=C/CC(CC)CCCCC)C(c2ccc(-c3ccc(CN)cc3)s2)=C2C(=O)N(CC(CC)CCCC)C(c3ccc(-c4ccc(CN)cc4)s3)=C12. The van der Waals surface area contributed by atoms with E-state index in [0.29, 0.717) is 31.5 Å². The predicted octanol–water partition coefficient (Wildman–Crippen LogP) is 13.2. The molecule has 3 heterocycles. The fourth-order valence-corrected chi connectivity index (χ4v) is 10.3. The van der Waals surface area contributed by atoms with E-state index in [1.54, 1.807) is 22.7 Å². The molecule has 290 valence electrons. The second kappa shape index (κ2) is 19.4. The largest absolute Gasteiger partial charge is 0.326 e. The maximum absolute atomic E-state index is 15.3. The highest BCUT2D eigenvalue weighted by Gasteiger charge is 2.43. The lowest BCUT2D eigenvalue weighted by Gasteiger charge is -2.25. The summed E-state index contributed by atoms with van der Waals surface area (Å²) in [6, 6.07) is 26.0. The van der Waals surface area contributed by atoms with Gasteiger partial charge in [0.15, 0.2) is 0 Å². The summed E-state index contributed by atoms with van der Waals surface area (Å²) >= 11 is 3.57. The summed E-state index contributed by atoms with van der Waals surface area (Å²) in [6.07, 6.45) is 14.9. The first kappa shape index (κ1) is 40.8. The summed E-state index contributed by atoms with van der Waals surface area (Å²) in [5.74, 6) is 1.18. The molecule has 4 N–H and O–H groups in total. The highest BCUT2D eigenvalue weighted by atomic mass is 32.1. The average molecular weight is 772 g/mol. The molecule has 55 heavy (non-hydrogen) atoms. The molecule has 2 aliphatic rings. The van der Waals surface area contributed by atoms with E-state index in [0.717, 1.165) is 87.4 Å². The minimum atomic E-state index is 0.126. The second-order valence-electron chi connectivity index (χ2n) is 15.5. The van der Waals surface area contributed by atoms with Gasteiger partial charge in [-0.2, -0.15) is 0 Å². The summed E-state index contributed by atoms with van der Waals surface area (Å²) in [5, 5.41) is 0. The van der Waals surface area contributed by atoms with Crippen LogP contribution in [0.25, 0.3) is 32.2 Å². The molecule has 4 nitrogen and oxygen atoms in total. The number of allylic oxidation sites excluding steroid dienone is 4. The lowest BCUT2D eigenvalue weighted by molar-refractivity contribution is -0.123. The molecule has 2 aromatic heterocycles. The molecule has 0 spiro atoms. The number of hydrogen-bond donors (Lipinski definition) is 2. The summed E-state index contributed by atoms with van der Waals surface area (Å²) < 4.78 is 0. The molecule has 2 aromatic carbocycles. The van der Waals surface area contributed by atoms with Crippen molar-refractivity contribution >= 4 is 39.9 Å². The molecule has 0 fully saturated rings. The molecule has 0 saturated carbocycles. The zero-order chi connectivity index (χ0) is 38.9. The number of fused-ring (bicyclic) bond motifs is 1. The summed E-state index contributed by atoms with van der Waals surface area (Å²) in [4.78, 5) is 22.1. The summed E-state index contributed by atoms with van der Waals surface area (Å²) in [6.45, 7) is 15.7. The Morgan fingerprint density at radius 1 is 0.673 bits per heavy atom. The smallest absolute Gasteiger partial charge is 0.259 e. The standard InChI is InChI=1S/C49H61N3OS2/c1-6-10-12-14-34(8-3)15-24-40-29-33(5)45-47(46(40)43-27-25-41(54-43)38-20-16-36(30-50)17-21-38)49(53)52(32-35(9-4)13-11-7-2)48(45)44-28-26-42(55-44)39-22-18-37(31-51)19-23-39/h16-28,34-35H,5-15,29-32,50-51H2,1-4H3/b40-24-. The van der Waals surface area contributed by atoms with E-state index < -0.39 is 0 Å². The lowest BCUT2D eigenvalue weighted by atomic mass is 9.79. The second-order valence-corrected chi connectivity index (χ2v) is 17.6. The van der Waals surface area contributed by atoms with Crippen molar-refractivity contribution in [1.29, 1.82) is 0 Å². The Labute approximate surface area is 338 Å². The zero-order valence-corrected chi connectivity index (χ0v) is 35.2. The van der Waals surface area contributed by atoms with E-state index in [4.69, 9.17) is 18.0 Å². The maximum atomic E-state index is 15.3. The lowest BCUT2D eigenvalue weighted by Crippen LogP contribution is -2.31. The predicted molar refractivity (Wildman–Crippen MR) is 239 cm³/mol. The van der Waals surface area contributed by atoms with Crippen molar-refractivity contribution in [2.45, 2.75) is 111 Å². The summed E-state index contributed by atoms with van der Waals surface area (Å²) in [5.41, 5.74) is 22.8. The van der Waals surface area contributed by atoms with Crippen LogP contribution in [0.5, 0.6) is 0 Å². The monoisotopic (exact) mass is 771 g/mol. The molecule has 6 rings (SSSR count). The molecule has 4 aromatic rings. The first-order valence-electron chi connectivity index (χ1n) is 20.8. The molecule has 0 saturated heterocycles. The van der Waals surface area contributed by atoms with Crippen LogP contribution in [-0.4, -0.2) is 17.4 Å². The minimum Gasteiger partial charge on any atom is -0.326 e. The van der Waals surface area contributed by atoms with E-state index in [1.165, 1.54) is 58.6 Å². The number of rotatable bonds is 19. The number of carbonyl (C=O) groups is 1. The van der Waals surface area contributed by atoms with Gasteiger partial charge in [0.05, 0.1) is 16.1 Å². The number of hydrogen-bond acceptors (Lipinski definition) is 5. The van der Waals surface area contributed by atoms with E-state index in [2.05, 4.69) is 111 Å². The first-order chi connectivity index (χ1) is 26.8. The van der Waals surface area contributed by atoms with Gasteiger partial charge in [-0.3, -0.25) is 4.79 Å². The molecule has 0 bridgehead atoms. The van der Waals surface area contributed by atoms with Gasteiger partial charge >= 0.3 is 0 Å². The van der Waals surface area contributed by atoms with Gasteiger partial charge in [-0.15, -0.1) is 22.7 Å². The Bertz CT molecular complexity index is 2020. The third-order valence-electron chi connectivity index (χ3n) is 11.7. The van der Waals surface area contributed by atoms with Crippen molar-refractivity contribution in [2.75, 3.05) is 6.54 Å². The molecule has 0 radical (unpaired) electrons. The fourth-order valence-electron chi connectivity index (χ4n) is 8.14. The van der Waals surface area contributed by atoms with Crippen LogP contribution in [0.2, 0.25) is 0 Å². The van der Waals surface area contributed by atoms with Crippen LogP contribution in [0.1, 0.15) is 119 Å². The van der Waals surface area contributed by atoms with E-state index in [-0.39, 0.29) is 5.91 Å². The number of nitrogens with zero attached hydrogens (tertiary/aromatic N) is 1. The maximum Gasteiger partial charge on any atom is 0.259 e. The molecular weight excluding hydrogens is 711 g/mol. The van der Waals surface area contributed by atoms with Crippen LogP contribution in [0.3, 0.4) is 0 Å². The van der Waals surface area contributed by atoms with Gasteiger partial charge in [0.2, 0.25) is 0 Å². The van der Waals surface area contributed by atoms with Gasteiger partial charge in [-0.05, 0) is 88.8 Å². The average Bonchev–Trinajstić information content (AvgIpc) is 3.97. The number of carbonyl (C=O) groups excluding carboxylic acids is 1. The Morgan fingerprint density at radius 2 is 1.22 bits per heavy atom. The third kappa shape index (κ3) is 9.26. The topological polar surface area (TPSA) is 72.4 Å². The van der Waals surface area contributed by atoms with Gasteiger partial charge < -0.3 is 16.4 Å².